The SMILES string of the molecule is Fc1cccc(NC(Cc2cccs2)c2cccs2)n1. The molecular weight excluding hydrogens is 291 g/mol. The molecule has 20 heavy (non-hydrogen) atoms. The Kier molecular flexibility index (Phi) is 4.08. The highest BCUT2D eigenvalue weighted by Crippen LogP contribution is 2.27. The van der Waals surface area contributed by atoms with Gasteiger partial charge < -0.3 is 5.32 Å². The number of nitrogens with one attached hydrogen (secondary N) is 1. The Hall–Kier alpha value is -1.72. The molecule has 0 saturated heterocycles. The van der Waals surface area contributed by atoms with E-state index in [9.17, 15) is 4.39 Å². The number of nitrogens with zero attached hydrogens (tertiary/aromatic N) is 1. The first-order valence-electron chi connectivity index (χ1n) is 6.26. The predicted octanol–water partition coefficient (Wildman–Crippen LogP) is 4.74. The molecule has 0 aliphatic rings. The van der Waals surface area contributed by atoms with Gasteiger partial charge in [0.15, 0.2) is 0 Å². The quantitative estimate of drug-likeness (QED) is 0.689. The first-order valence-corrected chi connectivity index (χ1v) is 8.02. The fourth-order valence-electron chi connectivity index (χ4n) is 2.01. The third-order valence-corrected chi connectivity index (χ3v) is 4.79. The van der Waals surface area contributed by atoms with Gasteiger partial charge in [0, 0.05) is 16.2 Å². The minimum atomic E-state index is -0.462. The van der Waals surface area contributed by atoms with E-state index in [1.165, 1.54) is 15.8 Å². The van der Waals surface area contributed by atoms with Crippen LogP contribution in [0.25, 0.3) is 0 Å². The molecule has 1 unspecified atom stereocenters. The molecule has 3 heterocycles. The summed E-state index contributed by atoms with van der Waals surface area (Å²) in [5.41, 5.74) is 0. The highest BCUT2D eigenvalue weighted by atomic mass is 32.1. The van der Waals surface area contributed by atoms with Gasteiger partial charge in [0.05, 0.1) is 6.04 Å². The first-order chi connectivity index (χ1) is 9.81. The van der Waals surface area contributed by atoms with E-state index in [2.05, 4.69) is 33.2 Å². The largest absolute Gasteiger partial charge is 0.362 e. The van der Waals surface area contributed by atoms with Crippen LogP contribution in [0.5, 0.6) is 0 Å². The number of anilines is 1. The van der Waals surface area contributed by atoms with Crippen molar-refractivity contribution in [2.75, 3.05) is 5.32 Å². The number of rotatable bonds is 5. The fourth-order valence-corrected chi connectivity index (χ4v) is 3.54. The van der Waals surface area contributed by atoms with Crippen LogP contribution in [0.1, 0.15) is 15.8 Å². The monoisotopic (exact) mass is 304 g/mol. The van der Waals surface area contributed by atoms with Gasteiger partial charge in [0.2, 0.25) is 5.95 Å². The van der Waals surface area contributed by atoms with Crippen molar-refractivity contribution < 1.29 is 4.39 Å². The summed E-state index contributed by atoms with van der Waals surface area (Å²) in [7, 11) is 0. The second-order valence-electron chi connectivity index (χ2n) is 4.34. The van der Waals surface area contributed by atoms with E-state index in [1.54, 1.807) is 34.8 Å². The summed E-state index contributed by atoms with van der Waals surface area (Å²) >= 11 is 3.43. The van der Waals surface area contributed by atoms with Gasteiger partial charge in [-0.25, -0.2) is 4.98 Å². The molecule has 0 saturated carbocycles. The van der Waals surface area contributed by atoms with E-state index >= 15 is 0 Å². The number of hydrogen-bond donors (Lipinski definition) is 1. The Morgan fingerprint density at radius 1 is 1.05 bits per heavy atom. The van der Waals surface area contributed by atoms with Crippen molar-refractivity contribution >= 4 is 28.5 Å². The lowest BCUT2D eigenvalue weighted by Crippen LogP contribution is -2.13. The molecule has 102 valence electrons. The smallest absolute Gasteiger partial charge is 0.214 e. The van der Waals surface area contributed by atoms with E-state index in [0.29, 0.717) is 5.82 Å². The van der Waals surface area contributed by atoms with Crippen molar-refractivity contribution in [3.05, 3.63) is 68.9 Å². The van der Waals surface area contributed by atoms with Crippen LogP contribution >= 0.6 is 22.7 Å². The van der Waals surface area contributed by atoms with Gasteiger partial charge in [-0.05, 0) is 35.0 Å². The number of hydrogen-bond acceptors (Lipinski definition) is 4. The minimum absolute atomic E-state index is 0.114. The Bertz CT molecular complexity index is 650. The molecular formula is C15H13FN2S2. The number of halogens is 1. The van der Waals surface area contributed by atoms with Gasteiger partial charge in [-0.2, -0.15) is 4.39 Å². The molecule has 0 radical (unpaired) electrons. The standard InChI is InChI=1S/C15H13FN2S2/c16-14-6-1-7-15(18-14)17-12(13-5-3-9-20-13)10-11-4-2-8-19-11/h1-9,12H,10H2,(H,17,18). The zero-order valence-corrected chi connectivity index (χ0v) is 12.3. The summed E-state index contributed by atoms with van der Waals surface area (Å²) in [4.78, 5) is 6.41. The van der Waals surface area contributed by atoms with E-state index in [1.807, 2.05) is 12.1 Å². The average Bonchev–Trinajstić information content (AvgIpc) is 3.11. The average molecular weight is 304 g/mol. The normalized spacial score (nSPS) is 12.2. The van der Waals surface area contributed by atoms with Crippen LogP contribution < -0.4 is 5.32 Å². The van der Waals surface area contributed by atoms with Gasteiger partial charge in [-0.1, -0.05) is 18.2 Å². The summed E-state index contributed by atoms with van der Waals surface area (Å²) < 4.78 is 13.2. The maximum atomic E-state index is 13.2. The molecule has 1 N–H and O–H groups in total. The Morgan fingerprint density at radius 2 is 1.90 bits per heavy atom. The topological polar surface area (TPSA) is 24.9 Å². The van der Waals surface area contributed by atoms with Crippen LogP contribution in [-0.4, -0.2) is 4.98 Å². The Labute approximate surface area is 124 Å². The molecule has 0 aromatic carbocycles. The van der Waals surface area contributed by atoms with Crippen LogP contribution in [0, 0.1) is 5.95 Å². The minimum Gasteiger partial charge on any atom is -0.362 e. The van der Waals surface area contributed by atoms with E-state index in [-0.39, 0.29) is 6.04 Å². The van der Waals surface area contributed by atoms with Crippen LogP contribution in [0.15, 0.2) is 53.2 Å². The molecule has 2 nitrogen and oxygen atoms in total. The number of aromatic nitrogens is 1. The summed E-state index contributed by atoms with van der Waals surface area (Å²) in [6.07, 6.45) is 0.871. The first kappa shape index (κ1) is 13.3. The second-order valence-corrected chi connectivity index (χ2v) is 6.35. The van der Waals surface area contributed by atoms with E-state index in [0.717, 1.165) is 6.42 Å². The fraction of sp³-hybridized carbons (Fsp3) is 0.133. The second kappa shape index (κ2) is 6.15. The lowest BCUT2D eigenvalue weighted by Gasteiger charge is -2.17. The van der Waals surface area contributed by atoms with Crippen LogP contribution in [0.4, 0.5) is 10.2 Å². The maximum absolute atomic E-state index is 13.2. The van der Waals surface area contributed by atoms with Crippen molar-refractivity contribution in [3.8, 4) is 0 Å². The Balaban J connectivity index is 1.82. The molecule has 3 rings (SSSR count). The molecule has 0 amide bonds. The van der Waals surface area contributed by atoms with Crippen molar-refractivity contribution in [3.63, 3.8) is 0 Å². The van der Waals surface area contributed by atoms with E-state index < -0.39 is 5.95 Å². The zero-order valence-electron chi connectivity index (χ0n) is 10.6. The van der Waals surface area contributed by atoms with Gasteiger partial charge in [-0.15, -0.1) is 22.7 Å². The molecule has 0 bridgehead atoms. The summed E-state index contributed by atoms with van der Waals surface area (Å²) in [5.74, 6) is 0.107. The lowest BCUT2D eigenvalue weighted by atomic mass is 10.1. The van der Waals surface area contributed by atoms with Crippen molar-refractivity contribution in [2.45, 2.75) is 12.5 Å². The molecule has 0 aliphatic heterocycles. The summed E-state index contributed by atoms with van der Waals surface area (Å²) in [6.45, 7) is 0. The number of thiophene rings is 2. The lowest BCUT2D eigenvalue weighted by molar-refractivity contribution is 0.584. The van der Waals surface area contributed by atoms with Gasteiger partial charge in [-0.3, -0.25) is 0 Å². The highest BCUT2D eigenvalue weighted by Gasteiger charge is 2.14. The van der Waals surface area contributed by atoms with Crippen molar-refractivity contribution in [1.29, 1.82) is 0 Å². The van der Waals surface area contributed by atoms with Gasteiger partial charge in [0.25, 0.3) is 0 Å². The summed E-state index contributed by atoms with van der Waals surface area (Å²) in [6, 6.07) is 13.2. The third kappa shape index (κ3) is 3.23. The van der Waals surface area contributed by atoms with E-state index in [4.69, 9.17) is 0 Å². The van der Waals surface area contributed by atoms with Crippen molar-refractivity contribution in [2.24, 2.45) is 0 Å². The molecule has 5 heteroatoms. The highest BCUT2D eigenvalue weighted by molar-refractivity contribution is 7.10. The van der Waals surface area contributed by atoms with Crippen molar-refractivity contribution in [1.82, 2.24) is 4.98 Å². The predicted molar refractivity (Wildman–Crippen MR) is 82.9 cm³/mol. The molecule has 0 aliphatic carbocycles. The zero-order chi connectivity index (χ0) is 13.8. The van der Waals surface area contributed by atoms with Gasteiger partial charge in [0.1, 0.15) is 5.82 Å². The summed E-state index contributed by atoms with van der Waals surface area (Å²) in [5, 5.41) is 7.45. The molecule has 0 fully saturated rings. The van der Waals surface area contributed by atoms with Crippen LogP contribution in [0.2, 0.25) is 0 Å². The van der Waals surface area contributed by atoms with Gasteiger partial charge >= 0.3 is 0 Å². The molecule has 0 spiro atoms. The third-order valence-electron chi connectivity index (χ3n) is 2.91. The molecule has 1 atom stereocenters. The van der Waals surface area contributed by atoms with Crippen LogP contribution in [0.3, 0.4) is 0 Å². The number of pyridine rings is 1. The maximum Gasteiger partial charge on any atom is 0.214 e. The Morgan fingerprint density at radius 3 is 2.60 bits per heavy atom. The molecule has 3 aromatic rings. The molecule has 3 aromatic heterocycles. The van der Waals surface area contributed by atoms with Crippen LogP contribution in [-0.2, 0) is 6.42 Å².